The molecule has 0 fully saturated rings. The second-order valence-corrected chi connectivity index (χ2v) is 3.49. The van der Waals surface area contributed by atoms with Crippen molar-refractivity contribution in [2.45, 2.75) is 45.8 Å². The average molecular weight is 208 g/mol. The van der Waals surface area contributed by atoms with Crippen LogP contribution in [0.25, 0.3) is 0 Å². The third-order valence-electron chi connectivity index (χ3n) is 2.28. The summed E-state index contributed by atoms with van der Waals surface area (Å²) in [6, 6.07) is 0. The number of allylic oxidation sites excluding steroid dienone is 2. The standard InChI is InChI=1S/C13H20O2/c1-3-14-13(15-4-2)11-10-12-8-6-5-7-9-12/h8,13H,3-7,9H2,1-2H3. The van der Waals surface area contributed by atoms with Crippen LogP contribution in [0.1, 0.15) is 39.5 Å². The van der Waals surface area contributed by atoms with E-state index in [9.17, 15) is 0 Å². The Morgan fingerprint density at radius 2 is 2.00 bits per heavy atom. The first kappa shape index (κ1) is 12.3. The van der Waals surface area contributed by atoms with Gasteiger partial charge in [0.25, 0.3) is 0 Å². The highest BCUT2D eigenvalue weighted by Crippen LogP contribution is 2.16. The molecule has 0 aliphatic heterocycles. The smallest absolute Gasteiger partial charge is 0.222 e. The zero-order valence-electron chi connectivity index (χ0n) is 9.71. The van der Waals surface area contributed by atoms with Gasteiger partial charge in [0.15, 0.2) is 0 Å². The number of hydrogen-bond donors (Lipinski definition) is 0. The molecule has 2 heteroatoms. The van der Waals surface area contributed by atoms with Gasteiger partial charge in [0.1, 0.15) is 0 Å². The molecule has 0 spiro atoms. The predicted molar refractivity (Wildman–Crippen MR) is 61.4 cm³/mol. The van der Waals surface area contributed by atoms with Crippen LogP contribution in [0, 0.1) is 11.8 Å². The highest BCUT2D eigenvalue weighted by Gasteiger charge is 2.03. The fraction of sp³-hybridized carbons (Fsp3) is 0.692. The largest absolute Gasteiger partial charge is 0.342 e. The van der Waals surface area contributed by atoms with Crippen molar-refractivity contribution >= 4 is 0 Å². The van der Waals surface area contributed by atoms with Crippen molar-refractivity contribution in [3.63, 3.8) is 0 Å². The quantitative estimate of drug-likeness (QED) is 0.522. The van der Waals surface area contributed by atoms with E-state index in [1.54, 1.807) is 0 Å². The van der Waals surface area contributed by atoms with E-state index in [4.69, 9.17) is 9.47 Å². The van der Waals surface area contributed by atoms with Crippen LogP contribution in [0.5, 0.6) is 0 Å². The molecule has 0 saturated heterocycles. The zero-order valence-corrected chi connectivity index (χ0v) is 9.71. The van der Waals surface area contributed by atoms with E-state index in [-0.39, 0.29) is 6.29 Å². The molecule has 1 aliphatic rings. The van der Waals surface area contributed by atoms with Crippen molar-refractivity contribution in [1.29, 1.82) is 0 Å². The van der Waals surface area contributed by atoms with E-state index in [1.807, 2.05) is 13.8 Å². The lowest BCUT2D eigenvalue weighted by Crippen LogP contribution is -2.14. The third kappa shape index (κ3) is 5.01. The monoisotopic (exact) mass is 208 g/mol. The fourth-order valence-corrected chi connectivity index (χ4v) is 1.54. The molecule has 1 rings (SSSR count). The van der Waals surface area contributed by atoms with E-state index < -0.39 is 0 Å². The van der Waals surface area contributed by atoms with Crippen LogP contribution in [0.15, 0.2) is 11.6 Å². The number of hydrogen-bond acceptors (Lipinski definition) is 2. The lowest BCUT2D eigenvalue weighted by atomic mass is 10.0. The topological polar surface area (TPSA) is 18.5 Å². The molecule has 0 N–H and O–H groups in total. The Hall–Kier alpha value is -0.780. The predicted octanol–water partition coefficient (Wildman–Crippen LogP) is 2.89. The van der Waals surface area contributed by atoms with Crippen molar-refractivity contribution in [3.05, 3.63) is 11.6 Å². The molecular formula is C13H20O2. The molecule has 2 nitrogen and oxygen atoms in total. The Morgan fingerprint density at radius 1 is 1.27 bits per heavy atom. The maximum Gasteiger partial charge on any atom is 0.222 e. The lowest BCUT2D eigenvalue weighted by Gasteiger charge is -2.10. The first-order valence-corrected chi connectivity index (χ1v) is 5.80. The molecule has 0 saturated carbocycles. The highest BCUT2D eigenvalue weighted by molar-refractivity contribution is 5.30. The van der Waals surface area contributed by atoms with Crippen LogP contribution < -0.4 is 0 Å². The van der Waals surface area contributed by atoms with Crippen molar-refractivity contribution in [1.82, 2.24) is 0 Å². The molecule has 84 valence electrons. The van der Waals surface area contributed by atoms with Gasteiger partial charge in [-0.2, -0.15) is 0 Å². The van der Waals surface area contributed by atoms with Crippen molar-refractivity contribution in [3.8, 4) is 11.8 Å². The van der Waals surface area contributed by atoms with Crippen LogP contribution in [0.2, 0.25) is 0 Å². The van der Waals surface area contributed by atoms with Crippen LogP contribution >= 0.6 is 0 Å². The Bertz CT molecular complexity index is 251. The van der Waals surface area contributed by atoms with Gasteiger partial charge in [-0.05, 0) is 51.0 Å². The SMILES string of the molecule is CCOC(C#CC1=CCCCC1)OCC. The molecule has 0 atom stereocenters. The normalized spacial score (nSPS) is 15.8. The second kappa shape index (κ2) is 7.50. The summed E-state index contributed by atoms with van der Waals surface area (Å²) in [6.45, 7) is 5.18. The Balaban J connectivity index is 2.47. The van der Waals surface area contributed by atoms with E-state index in [1.165, 1.54) is 18.4 Å². The van der Waals surface area contributed by atoms with Gasteiger partial charge in [-0.25, -0.2) is 0 Å². The van der Waals surface area contributed by atoms with Gasteiger partial charge in [0, 0.05) is 13.2 Å². The Morgan fingerprint density at radius 3 is 2.53 bits per heavy atom. The molecule has 0 unspecified atom stereocenters. The molecular weight excluding hydrogens is 188 g/mol. The summed E-state index contributed by atoms with van der Waals surface area (Å²) < 4.78 is 10.7. The minimum absolute atomic E-state index is 0.358. The summed E-state index contributed by atoms with van der Waals surface area (Å²) >= 11 is 0. The summed E-state index contributed by atoms with van der Waals surface area (Å²) in [5.74, 6) is 6.18. The maximum atomic E-state index is 5.35. The van der Waals surface area contributed by atoms with E-state index in [0.29, 0.717) is 13.2 Å². The lowest BCUT2D eigenvalue weighted by molar-refractivity contribution is -0.0970. The van der Waals surface area contributed by atoms with Gasteiger partial charge in [-0.3, -0.25) is 0 Å². The second-order valence-electron chi connectivity index (χ2n) is 3.49. The van der Waals surface area contributed by atoms with Crippen molar-refractivity contribution < 1.29 is 9.47 Å². The molecule has 0 heterocycles. The van der Waals surface area contributed by atoms with E-state index in [2.05, 4.69) is 17.9 Å². The number of rotatable bonds is 4. The van der Waals surface area contributed by atoms with Crippen LogP contribution in [0.4, 0.5) is 0 Å². The zero-order chi connectivity index (χ0) is 10.9. The summed E-state index contributed by atoms with van der Waals surface area (Å²) in [5.41, 5.74) is 1.24. The number of ether oxygens (including phenoxy) is 2. The van der Waals surface area contributed by atoms with Crippen molar-refractivity contribution in [2.24, 2.45) is 0 Å². The fourth-order valence-electron chi connectivity index (χ4n) is 1.54. The minimum atomic E-state index is -0.358. The van der Waals surface area contributed by atoms with Crippen LogP contribution in [-0.2, 0) is 9.47 Å². The molecule has 0 aromatic rings. The van der Waals surface area contributed by atoms with Crippen LogP contribution in [0.3, 0.4) is 0 Å². The van der Waals surface area contributed by atoms with Gasteiger partial charge in [0.2, 0.25) is 6.29 Å². The molecule has 1 aliphatic carbocycles. The van der Waals surface area contributed by atoms with Gasteiger partial charge in [-0.15, -0.1) is 0 Å². The molecule has 0 aromatic carbocycles. The van der Waals surface area contributed by atoms with E-state index >= 15 is 0 Å². The van der Waals surface area contributed by atoms with Gasteiger partial charge in [0.05, 0.1) is 0 Å². The van der Waals surface area contributed by atoms with Gasteiger partial charge >= 0.3 is 0 Å². The summed E-state index contributed by atoms with van der Waals surface area (Å²) in [6.07, 6.45) is 6.70. The highest BCUT2D eigenvalue weighted by atomic mass is 16.7. The molecule has 15 heavy (non-hydrogen) atoms. The third-order valence-corrected chi connectivity index (χ3v) is 2.28. The molecule has 0 aromatic heterocycles. The maximum absolute atomic E-state index is 5.35. The minimum Gasteiger partial charge on any atom is -0.342 e. The van der Waals surface area contributed by atoms with Crippen LogP contribution in [-0.4, -0.2) is 19.5 Å². The first-order valence-electron chi connectivity index (χ1n) is 5.80. The average Bonchev–Trinajstić information content (AvgIpc) is 2.28. The van der Waals surface area contributed by atoms with Crippen molar-refractivity contribution in [2.75, 3.05) is 13.2 Å². The van der Waals surface area contributed by atoms with Gasteiger partial charge in [-0.1, -0.05) is 12.0 Å². The molecule has 0 bridgehead atoms. The van der Waals surface area contributed by atoms with E-state index in [0.717, 1.165) is 12.8 Å². The summed E-state index contributed by atoms with van der Waals surface area (Å²) in [7, 11) is 0. The molecule has 0 amide bonds. The first-order chi connectivity index (χ1) is 7.36. The molecule has 0 radical (unpaired) electrons. The summed E-state index contributed by atoms with van der Waals surface area (Å²) in [5, 5.41) is 0. The van der Waals surface area contributed by atoms with Gasteiger partial charge < -0.3 is 9.47 Å². The Labute approximate surface area is 92.6 Å². The Kier molecular flexibility index (Phi) is 6.15. The summed E-state index contributed by atoms with van der Waals surface area (Å²) in [4.78, 5) is 0.